The second-order valence-corrected chi connectivity index (χ2v) is 6.89. The first kappa shape index (κ1) is 14.6. The third-order valence-electron chi connectivity index (χ3n) is 4.04. The normalized spacial score (nSPS) is 19.7. The van der Waals surface area contributed by atoms with Crippen LogP contribution in [0.1, 0.15) is 11.4 Å². The zero-order valence-corrected chi connectivity index (χ0v) is 13.7. The van der Waals surface area contributed by atoms with Gasteiger partial charge in [0.2, 0.25) is 0 Å². The summed E-state index contributed by atoms with van der Waals surface area (Å²) >= 11 is 1.64. The summed E-state index contributed by atoms with van der Waals surface area (Å²) in [5, 5.41) is 11.5. The highest BCUT2D eigenvalue weighted by molar-refractivity contribution is 7.09. The van der Waals surface area contributed by atoms with E-state index in [-0.39, 0.29) is 0 Å². The summed E-state index contributed by atoms with van der Waals surface area (Å²) in [5.74, 6) is 0. The summed E-state index contributed by atoms with van der Waals surface area (Å²) in [6.45, 7) is 6.25. The molecule has 0 amide bonds. The molecule has 0 saturated carbocycles. The van der Waals surface area contributed by atoms with E-state index in [4.69, 9.17) is 0 Å². The molecule has 2 aromatic heterocycles. The highest BCUT2D eigenvalue weighted by Gasteiger charge is 2.23. The van der Waals surface area contributed by atoms with Gasteiger partial charge in [0.05, 0.1) is 17.7 Å². The molecule has 0 spiro atoms. The van der Waals surface area contributed by atoms with Crippen LogP contribution in [-0.4, -0.2) is 69.5 Å². The molecule has 0 bridgehead atoms. The Kier molecular flexibility index (Phi) is 4.32. The number of likely N-dealkylation sites (tertiary alicyclic amines) is 1. The van der Waals surface area contributed by atoms with Crippen molar-refractivity contribution in [1.82, 2.24) is 29.8 Å². The lowest BCUT2D eigenvalue weighted by molar-refractivity contribution is 0.260. The van der Waals surface area contributed by atoms with Crippen molar-refractivity contribution in [3.63, 3.8) is 0 Å². The standard InChI is InChI=1S/C14H22N6S/c1-11-15-14(10-21-11)13-9-20(17-16-13)7-6-19-5-4-12(8-19)18(2)3/h9-10,12H,4-8H2,1-3H3. The molecule has 2 aromatic rings. The van der Waals surface area contributed by atoms with Crippen molar-refractivity contribution in [2.75, 3.05) is 33.7 Å². The van der Waals surface area contributed by atoms with E-state index in [1.165, 1.54) is 13.0 Å². The van der Waals surface area contributed by atoms with Gasteiger partial charge in [-0.25, -0.2) is 4.98 Å². The predicted molar refractivity (Wildman–Crippen MR) is 84.4 cm³/mol. The second-order valence-electron chi connectivity index (χ2n) is 5.83. The molecule has 0 radical (unpaired) electrons. The van der Waals surface area contributed by atoms with E-state index < -0.39 is 0 Å². The van der Waals surface area contributed by atoms with Gasteiger partial charge in [-0.2, -0.15) is 0 Å². The van der Waals surface area contributed by atoms with Crippen LogP contribution in [-0.2, 0) is 6.54 Å². The Morgan fingerprint density at radius 3 is 2.86 bits per heavy atom. The van der Waals surface area contributed by atoms with Crippen molar-refractivity contribution in [3.05, 3.63) is 16.6 Å². The number of thiazole rings is 1. The van der Waals surface area contributed by atoms with Crippen LogP contribution in [0.15, 0.2) is 11.6 Å². The molecule has 1 aliphatic rings. The van der Waals surface area contributed by atoms with Gasteiger partial charge in [0.15, 0.2) is 0 Å². The molecule has 1 atom stereocenters. The highest BCUT2D eigenvalue weighted by atomic mass is 32.1. The van der Waals surface area contributed by atoms with Crippen molar-refractivity contribution in [2.24, 2.45) is 0 Å². The molecule has 21 heavy (non-hydrogen) atoms. The topological polar surface area (TPSA) is 50.1 Å². The Morgan fingerprint density at radius 2 is 2.19 bits per heavy atom. The fraction of sp³-hybridized carbons (Fsp3) is 0.643. The van der Waals surface area contributed by atoms with Gasteiger partial charge in [-0.3, -0.25) is 9.58 Å². The van der Waals surface area contributed by atoms with Crippen LogP contribution in [0.3, 0.4) is 0 Å². The van der Waals surface area contributed by atoms with Crippen molar-refractivity contribution in [3.8, 4) is 11.4 Å². The first-order valence-corrected chi connectivity index (χ1v) is 8.21. The number of nitrogens with zero attached hydrogens (tertiary/aromatic N) is 6. The van der Waals surface area contributed by atoms with Crippen LogP contribution < -0.4 is 0 Å². The molecule has 1 saturated heterocycles. The Morgan fingerprint density at radius 1 is 1.33 bits per heavy atom. The first-order chi connectivity index (χ1) is 10.1. The lowest BCUT2D eigenvalue weighted by Gasteiger charge is -2.20. The number of aromatic nitrogens is 4. The van der Waals surface area contributed by atoms with E-state index in [1.807, 2.05) is 23.2 Å². The Bertz CT molecular complexity index is 590. The average molecular weight is 306 g/mol. The van der Waals surface area contributed by atoms with Crippen LogP contribution in [0, 0.1) is 6.92 Å². The monoisotopic (exact) mass is 306 g/mol. The molecule has 6 nitrogen and oxygen atoms in total. The maximum absolute atomic E-state index is 4.45. The van der Waals surface area contributed by atoms with Gasteiger partial charge < -0.3 is 4.90 Å². The van der Waals surface area contributed by atoms with Crippen LogP contribution in [0.25, 0.3) is 11.4 Å². The van der Waals surface area contributed by atoms with E-state index in [0.29, 0.717) is 6.04 Å². The summed E-state index contributed by atoms with van der Waals surface area (Å²) in [4.78, 5) is 9.26. The minimum Gasteiger partial charge on any atom is -0.305 e. The van der Waals surface area contributed by atoms with Crippen molar-refractivity contribution < 1.29 is 0 Å². The summed E-state index contributed by atoms with van der Waals surface area (Å²) in [5.41, 5.74) is 1.80. The molecule has 1 unspecified atom stereocenters. The zero-order chi connectivity index (χ0) is 14.8. The Balaban J connectivity index is 1.54. The van der Waals surface area contributed by atoms with Gasteiger partial charge in [0.25, 0.3) is 0 Å². The van der Waals surface area contributed by atoms with Gasteiger partial charge in [-0.05, 0) is 34.0 Å². The van der Waals surface area contributed by atoms with Crippen molar-refractivity contribution >= 4 is 11.3 Å². The summed E-state index contributed by atoms with van der Waals surface area (Å²) in [6, 6.07) is 0.689. The molecule has 3 rings (SSSR count). The van der Waals surface area contributed by atoms with E-state index in [2.05, 4.69) is 39.2 Å². The van der Waals surface area contributed by atoms with Crippen LogP contribution in [0.2, 0.25) is 0 Å². The minimum absolute atomic E-state index is 0.689. The number of likely N-dealkylation sites (N-methyl/N-ethyl adjacent to an activating group) is 1. The van der Waals surface area contributed by atoms with Crippen LogP contribution in [0.4, 0.5) is 0 Å². The molecule has 0 aliphatic carbocycles. The number of aryl methyl sites for hydroxylation is 1. The van der Waals surface area contributed by atoms with Gasteiger partial charge >= 0.3 is 0 Å². The number of rotatable bonds is 5. The molecular weight excluding hydrogens is 284 g/mol. The third-order valence-corrected chi connectivity index (χ3v) is 4.82. The fourth-order valence-electron chi connectivity index (χ4n) is 2.69. The van der Waals surface area contributed by atoms with Crippen molar-refractivity contribution in [2.45, 2.75) is 25.9 Å². The fourth-order valence-corrected chi connectivity index (χ4v) is 3.29. The smallest absolute Gasteiger partial charge is 0.132 e. The molecule has 1 fully saturated rings. The maximum atomic E-state index is 4.45. The van der Waals surface area contributed by atoms with Crippen LogP contribution >= 0.6 is 11.3 Å². The predicted octanol–water partition coefficient (Wildman–Crippen LogP) is 1.35. The van der Waals surface area contributed by atoms with Gasteiger partial charge in [-0.1, -0.05) is 5.21 Å². The molecule has 0 N–H and O–H groups in total. The molecule has 7 heteroatoms. The van der Waals surface area contributed by atoms with E-state index >= 15 is 0 Å². The lowest BCUT2D eigenvalue weighted by atomic mass is 10.2. The molecule has 1 aliphatic heterocycles. The molecule has 0 aromatic carbocycles. The van der Waals surface area contributed by atoms with E-state index in [1.54, 1.807) is 11.3 Å². The van der Waals surface area contributed by atoms with E-state index in [9.17, 15) is 0 Å². The van der Waals surface area contributed by atoms with Gasteiger partial charge in [0, 0.05) is 24.5 Å². The lowest BCUT2D eigenvalue weighted by Crippen LogP contribution is -2.32. The molecule has 114 valence electrons. The van der Waals surface area contributed by atoms with Crippen LogP contribution in [0.5, 0.6) is 0 Å². The quantitative estimate of drug-likeness (QED) is 0.834. The SMILES string of the molecule is Cc1nc(-c2cn(CCN3CCC(N(C)C)C3)nn2)cs1. The van der Waals surface area contributed by atoms with Gasteiger partial charge in [-0.15, -0.1) is 16.4 Å². The first-order valence-electron chi connectivity index (χ1n) is 7.33. The number of hydrogen-bond acceptors (Lipinski definition) is 6. The summed E-state index contributed by atoms with van der Waals surface area (Å²) in [7, 11) is 4.32. The molecule has 3 heterocycles. The molecular formula is C14H22N6S. The highest BCUT2D eigenvalue weighted by Crippen LogP contribution is 2.18. The summed E-state index contributed by atoms with van der Waals surface area (Å²) in [6.07, 6.45) is 3.25. The zero-order valence-electron chi connectivity index (χ0n) is 12.9. The Labute approximate surface area is 129 Å². The van der Waals surface area contributed by atoms with Gasteiger partial charge in [0.1, 0.15) is 11.4 Å². The minimum atomic E-state index is 0.689. The average Bonchev–Trinajstić information content (AvgIpc) is 3.16. The van der Waals surface area contributed by atoms with Crippen molar-refractivity contribution in [1.29, 1.82) is 0 Å². The summed E-state index contributed by atoms with van der Waals surface area (Å²) < 4.78 is 1.92. The maximum Gasteiger partial charge on any atom is 0.132 e. The largest absolute Gasteiger partial charge is 0.305 e. The number of hydrogen-bond donors (Lipinski definition) is 0. The second kappa shape index (κ2) is 6.21. The van der Waals surface area contributed by atoms with E-state index in [0.717, 1.165) is 36.0 Å². The Hall–Kier alpha value is -1.31. The third kappa shape index (κ3) is 3.48.